The van der Waals surface area contributed by atoms with Gasteiger partial charge in [-0.05, 0) is 51.3 Å². The minimum Gasteiger partial charge on any atom is -0.352 e. The van der Waals surface area contributed by atoms with Crippen LogP contribution in [0.1, 0.15) is 31.3 Å². The highest BCUT2D eigenvalue weighted by Crippen LogP contribution is 2.23. The van der Waals surface area contributed by atoms with E-state index < -0.39 is 0 Å². The molecule has 6 nitrogen and oxygen atoms in total. The zero-order valence-corrected chi connectivity index (χ0v) is 16.1. The number of benzene rings is 1. The molecule has 2 amide bonds. The Morgan fingerprint density at radius 3 is 2.50 bits per heavy atom. The molecule has 1 N–H and O–H groups in total. The highest BCUT2D eigenvalue weighted by atomic mass is 32.2. The van der Waals surface area contributed by atoms with Crippen molar-refractivity contribution in [3.05, 3.63) is 42.0 Å². The molecule has 8 heteroatoms. The summed E-state index contributed by atoms with van der Waals surface area (Å²) >= 11 is 1.38. The third-order valence-corrected chi connectivity index (χ3v) is 4.32. The third kappa shape index (κ3) is 4.63. The number of carbonyl (C=O) groups is 2. The minimum atomic E-state index is -0.354. The van der Waals surface area contributed by atoms with Crippen molar-refractivity contribution in [1.29, 1.82) is 0 Å². The number of thioether (sulfide) groups is 1. The van der Waals surface area contributed by atoms with Crippen LogP contribution >= 0.6 is 11.8 Å². The van der Waals surface area contributed by atoms with Gasteiger partial charge in [-0.1, -0.05) is 11.8 Å². The molecule has 0 aliphatic carbocycles. The van der Waals surface area contributed by atoms with E-state index >= 15 is 0 Å². The van der Waals surface area contributed by atoms with Gasteiger partial charge in [-0.25, -0.2) is 9.37 Å². The molecule has 0 spiro atoms. The molecule has 1 aromatic heterocycles. The largest absolute Gasteiger partial charge is 0.352 e. The van der Waals surface area contributed by atoms with Gasteiger partial charge in [-0.15, -0.1) is 0 Å². The van der Waals surface area contributed by atoms with Crippen LogP contribution < -0.4 is 5.32 Å². The van der Waals surface area contributed by atoms with Crippen molar-refractivity contribution in [3.8, 4) is 5.69 Å². The second-order valence-corrected chi connectivity index (χ2v) is 6.76. The number of hydrogen-bond donors (Lipinski definition) is 1. The Kier molecular flexibility index (Phi) is 6.79. The van der Waals surface area contributed by atoms with Crippen molar-refractivity contribution >= 4 is 23.6 Å². The average Bonchev–Trinajstić information content (AvgIpc) is 3.03. The highest BCUT2D eigenvalue weighted by Gasteiger charge is 2.23. The summed E-state index contributed by atoms with van der Waals surface area (Å²) in [5.74, 6) is -0.871. The monoisotopic (exact) mass is 378 g/mol. The van der Waals surface area contributed by atoms with Gasteiger partial charge >= 0.3 is 0 Å². The molecule has 2 aromatic rings. The number of rotatable bonds is 7. The molecule has 0 aliphatic rings. The lowest BCUT2D eigenvalue weighted by molar-refractivity contribution is -0.122. The van der Waals surface area contributed by atoms with Gasteiger partial charge in [0.05, 0.1) is 12.7 Å². The van der Waals surface area contributed by atoms with Crippen LogP contribution in [-0.2, 0) is 4.79 Å². The number of hydrogen-bond acceptors (Lipinski definition) is 4. The van der Waals surface area contributed by atoms with Crippen molar-refractivity contribution in [2.75, 3.05) is 19.3 Å². The third-order valence-electron chi connectivity index (χ3n) is 3.67. The van der Waals surface area contributed by atoms with Crippen molar-refractivity contribution in [2.45, 2.75) is 32.0 Å². The number of likely N-dealkylation sites (N-methyl/N-ethyl adjacent to an activating group) is 1. The van der Waals surface area contributed by atoms with Crippen molar-refractivity contribution in [1.82, 2.24) is 19.8 Å². The van der Waals surface area contributed by atoms with Gasteiger partial charge in [0.25, 0.3) is 5.91 Å². The molecule has 2 rings (SSSR count). The first-order chi connectivity index (χ1) is 12.4. The first-order valence-electron chi connectivity index (χ1n) is 8.33. The van der Waals surface area contributed by atoms with Crippen LogP contribution in [0.5, 0.6) is 0 Å². The van der Waals surface area contributed by atoms with Crippen LogP contribution in [0.2, 0.25) is 0 Å². The molecule has 0 radical (unpaired) electrons. The van der Waals surface area contributed by atoms with Crippen LogP contribution in [0, 0.1) is 5.82 Å². The van der Waals surface area contributed by atoms with Gasteiger partial charge in [-0.3, -0.25) is 14.2 Å². The predicted octanol–water partition coefficient (Wildman–Crippen LogP) is 2.72. The van der Waals surface area contributed by atoms with Crippen molar-refractivity contribution in [3.63, 3.8) is 0 Å². The van der Waals surface area contributed by atoms with Crippen LogP contribution in [0.3, 0.4) is 0 Å². The van der Waals surface area contributed by atoms with E-state index in [4.69, 9.17) is 0 Å². The van der Waals surface area contributed by atoms with Crippen LogP contribution in [0.25, 0.3) is 5.69 Å². The summed E-state index contributed by atoms with van der Waals surface area (Å²) in [5.41, 5.74) is 0.972. The number of nitrogens with one attached hydrogen (secondary N) is 1. The van der Waals surface area contributed by atoms with Crippen LogP contribution in [0.4, 0.5) is 4.39 Å². The normalized spacial score (nSPS) is 10.8. The van der Waals surface area contributed by atoms with Crippen molar-refractivity contribution in [2.24, 2.45) is 0 Å². The van der Waals surface area contributed by atoms with E-state index in [2.05, 4.69) is 10.3 Å². The van der Waals surface area contributed by atoms with E-state index in [0.29, 0.717) is 23.1 Å². The number of carbonyl (C=O) groups excluding carboxylic acids is 2. The summed E-state index contributed by atoms with van der Waals surface area (Å²) < 4.78 is 14.9. The summed E-state index contributed by atoms with van der Waals surface area (Å²) in [6.45, 7) is 5.90. The second-order valence-electron chi connectivity index (χ2n) is 5.98. The Hall–Kier alpha value is -2.35. The fourth-order valence-electron chi connectivity index (χ4n) is 2.50. The second kappa shape index (κ2) is 8.84. The Morgan fingerprint density at radius 1 is 1.31 bits per heavy atom. The lowest BCUT2D eigenvalue weighted by Gasteiger charge is -2.22. The zero-order valence-electron chi connectivity index (χ0n) is 15.3. The average molecular weight is 378 g/mol. The van der Waals surface area contributed by atoms with Gasteiger partial charge in [0.2, 0.25) is 5.91 Å². The maximum atomic E-state index is 13.3. The Balaban J connectivity index is 2.34. The lowest BCUT2D eigenvalue weighted by atomic mass is 10.3. The highest BCUT2D eigenvalue weighted by molar-refractivity contribution is 7.98. The lowest BCUT2D eigenvalue weighted by Crippen LogP contribution is -2.43. The summed E-state index contributed by atoms with van der Waals surface area (Å²) in [6, 6.07) is 5.86. The van der Waals surface area contributed by atoms with E-state index in [1.807, 2.05) is 27.0 Å². The summed E-state index contributed by atoms with van der Waals surface area (Å²) in [6.07, 6.45) is 3.34. The van der Waals surface area contributed by atoms with Crippen molar-refractivity contribution < 1.29 is 14.0 Å². The van der Waals surface area contributed by atoms with Gasteiger partial charge in [-0.2, -0.15) is 0 Å². The Bertz CT molecular complexity index is 774. The molecule has 0 unspecified atom stereocenters. The minimum absolute atomic E-state index is 0.00384. The molecule has 1 aromatic carbocycles. The molecule has 26 heavy (non-hydrogen) atoms. The molecule has 0 fully saturated rings. The standard InChI is InChI=1S/C18H23FN4O2S/c1-5-22(11-16(24)21-12(2)3)17(25)15-10-20-18(26-4)23(15)14-8-6-13(19)7-9-14/h6-10,12H,5,11H2,1-4H3,(H,21,24). The Labute approximate surface area is 156 Å². The molecular formula is C18H23FN4O2S. The fourth-order valence-corrected chi connectivity index (χ4v) is 3.04. The first-order valence-corrected chi connectivity index (χ1v) is 9.56. The SMILES string of the molecule is CCN(CC(=O)NC(C)C)C(=O)c1cnc(SC)n1-c1ccc(F)cc1. The molecule has 0 atom stereocenters. The van der Waals surface area contributed by atoms with E-state index in [0.717, 1.165) is 0 Å². The molecular weight excluding hydrogens is 355 g/mol. The quantitative estimate of drug-likeness (QED) is 0.753. The first kappa shape index (κ1) is 20.0. The Morgan fingerprint density at radius 2 is 1.96 bits per heavy atom. The molecule has 0 bridgehead atoms. The number of imidazole rings is 1. The van der Waals surface area contributed by atoms with E-state index in [9.17, 15) is 14.0 Å². The molecule has 140 valence electrons. The van der Waals surface area contributed by atoms with Crippen LogP contribution in [0.15, 0.2) is 35.6 Å². The zero-order chi connectivity index (χ0) is 19.3. The molecule has 1 heterocycles. The maximum absolute atomic E-state index is 13.3. The molecule has 0 saturated heterocycles. The van der Waals surface area contributed by atoms with E-state index in [1.165, 1.54) is 35.0 Å². The summed E-state index contributed by atoms with van der Waals surface area (Å²) in [4.78, 5) is 30.8. The number of amides is 2. The number of nitrogens with zero attached hydrogens (tertiary/aromatic N) is 3. The van der Waals surface area contributed by atoms with Crippen LogP contribution in [-0.4, -0.2) is 51.7 Å². The van der Waals surface area contributed by atoms with Gasteiger partial charge in [0.1, 0.15) is 11.5 Å². The van der Waals surface area contributed by atoms with Gasteiger partial charge in [0, 0.05) is 18.3 Å². The van der Waals surface area contributed by atoms with Gasteiger partial charge in [0.15, 0.2) is 5.16 Å². The summed E-state index contributed by atoms with van der Waals surface area (Å²) in [5, 5.41) is 3.40. The molecule has 0 aliphatic heterocycles. The topological polar surface area (TPSA) is 67.2 Å². The van der Waals surface area contributed by atoms with Gasteiger partial charge < -0.3 is 10.2 Å². The summed E-state index contributed by atoms with van der Waals surface area (Å²) in [7, 11) is 0. The maximum Gasteiger partial charge on any atom is 0.272 e. The fraction of sp³-hybridized carbons (Fsp3) is 0.389. The van der Waals surface area contributed by atoms with E-state index in [-0.39, 0.29) is 30.2 Å². The predicted molar refractivity (Wildman–Crippen MR) is 100 cm³/mol. The van der Waals surface area contributed by atoms with E-state index in [1.54, 1.807) is 16.7 Å². The molecule has 0 saturated carbocycles. The number of aromatic nitrogens is 2. The smallest absolute Gasteiger partial charge is 0.272 e. The number of halogens is 1.